The highest BCUT2D eigenvalue weighted by molar-refractivity contribution is 5.98. The summed E-state index contributed by atoms with van der Waals surface area (Å²) in [5, 5.41) is 14.9. The van der Waals surface area contributed by atoms with Gasteiger partial charge in [-0.05, 0) is 29.3 Å². The van der Waals surface area contributed by atoms with Gasteiger partial charge in [-0.15, -0.1) is 0 Å². The van der Waals surface area contributed by atoms with Crippen molar-refractivity contribution in [2.75, 3.05) is 7.11 Å². The van der Waals surface area contributed by atoms with Crippen molar-refractivity contribution in [3.63, 3.8) is 0 Å². The summed E-state index contributed by atoms with van der Waals surface area (Å²) in [7, 11) is 1.38. The third-order valence-corrected chi connectivity index (χ3v) is 4.12. The lowest BCUT2D eigenvalue weighted by Crippen LogP contribution is -2.18. The molecule has 0 saturated heterocycles. The minimum atomic E-state index is -0.622. The minimum Gasteiger partial charge on any atom is -0.496 e. The van der Waals surface area contributed by atoms with E-state index >= 15 is 0 Å². The van der Waals surface area contributed by atoms with E-state index in [-0.39, 0.29) is 17.0 Å². The van der Waals surface area contributed by atoms with Crippen LogP contribution in [-0.4, -0.2) is 24.2 Å². The van der Waals surface area contributed by atoms with Crippen molar-refractivity contribution in [1.29, 1.82) is 0 Å². The number of nitro benzene ring substituents is 1. The van der Waals surface area contributed by atoms with Gasteiger partial charge < -0.3 is 9.47 Å². The standard InChI is InChI=1S/C22H19N3O5/c1-29-21-11-10-18(25(27)28)13-20(21)22(26)24-23-14-17-8-5-9-19(12-17)30-15-16-6-3-2-4-7-16/h2-14H,15H2,1H3,(H,24,26)/b23-14-. The second kappa shape index (κ2) is 9.83. The molecule has 0 fully saturated rings. The van der Waals surface area contributed by atoms with Crippen LogP contribution in [0.25, 0.3) is 0 Å². The van der Waals surface area contributed by atoms with E-state index in [2.05, 4.69) is 10.5 Å². The summed E-state index contributed by atoms with van der Waals surface area (Å²) in [6, 6.07) is 20.8. The van der Waals surface area contributed by atoms with E-state index in [4.69, 9.17) is 9.47 Å². The number of carbonyl (C=O) groups is 1. The largest absolute Gasteiger partial charge is 0.496 e. The van der Waals surface area contributed by atoms with Gasteiger partial charge in [0.1, 0.15) is 18.1 Å². The Hall–Kier alpha value is -4.20. The van der Waals surface area contributed by atoms with Gasteiger partial charge in [-0.1, -0.05) is 42.5 Å². The van der Waals surface area contributed by atoms with Gasteiger partial charge in [-0.25, -0.2) is 5.43 Å². The maximum atomic E-state index is 12.4. The summed E-state index contributed by atoms with van der Waals surface area (Å²) in [6.45, 7) is 0.435. The van der Waals surface area contributed by atoms with Crippen LogP contribution in [0, 0.1) is 10.1 Å². The van der Waals surface area contributed by atoms with Gasteiger partial charge in [0, 0.05) is 12.1 Å². The number of hydrogen-bond donors (Lipinski definition) is 1. The van der Waals surface area contributed by atoms with Gasteiger partial charge in [0.15, 0.2) is 0 Å². The molecule has 0 aliphatic rings. The van der Waals surface area contributed by atoms with Crippen LogP contribution >= 0.6 is 0 Å². The number of hydrazone groups is 1. The second-order valence-electron chi connectivity index (χ2n) is 6.19. The van der Waals surface area contributed by atoms with E-state index in [9.17, 15) is 14.9 Å². The number of methoxy groups -OCH3 is 1. The van der Waals surface area contributed by atoms with Crippen LogP contribution < -0.4 is 14.9 Å². The zero-order valence-corrected chi connectivity index (χ0v) is 16.1. The van der Waals surface area contributed by atoms with Crippen LogP contribution in [0.2, 0.25) is 0 Å². The molecule has 3 aromatic rings. The molecule has 0 bridgehead atoms. The molecule has 30 heavy (non-hydrogen) atoms. The molecule has 0 unspecified atom stereocenters. The van der Waals surface area contributed by atoms with Crippen molar-refractivity contribution in [2.24, 2.45) is 5.10 Å². The number of hydrogen-bond acceptors (Lipinski definition) is 6. The van der Waals surface area contributed by atoms with Crippen molar-refractivity contribution < 1.29 is 19.2 Å². The van der Waals surface area contributed by atoms with Crippen LogP contribution in [0.15, 0.2) is 77.9 Å². The smallest absolute Gasteiger partial charge is 0.275 e. The summed E-state index contributed by atoms with van der Waals surface area (Å²) in [5.41, 5.74) is 3.92. The number of ether oxygens (including phenoxy) is 2. The van der Waals surface area contributed by atoms with Gasteiger partial charge in [-0.2, -0.15) is 5.10 Å². The molecule has 8 heteroatoms. The van der Waals surface area contributed by atoms with Crippen LogP contribution in [-0.2, 0) is 6.61 Å². The van der Waals surface area contributed by atoms with Gasteiger partial charge >= 0.3 is 0 Å². The normalized spacial score (nSPS) is 10.6. The molecule has 3 rings (SSSR count). The third kappa shape index (κ3) is 5.41. The number of carbonyl (C=O) groups excluding carboxylic acids is 1. The fourth-order valence-corrected chi connectivity index (χ4v) is 2.64. The molecule has 0 atom stereocenters. The highest BCUT2D eigenvalue weighted by Gasteiger charge is 2.17. The highest BCUT2D eigenvalue weighted by atomic mass is 16.6. The number of nitro groups is 1. The summed E-state index contributed by atoms with van der Waals surface area (Å²) in [6.07, 6.45) is 1.46. The van der Waals surface area contributed by atoms with E-state index in [0.717, 1.165) is 11.6 Å². The number of nitrogens with one attached hydrogen (secondary N) is 1. The van der Waals surface area contributed by atoms with Crippen molar-refractivity contribution in [3.8, 4) is 11.5 Å². The Bertz CT molecular complexity index is 1070. The first-order chi connectivity index (χ1) is 14.6. The molecule has 1 N–H and O–H groups in total. The lowest BCUT2D eigenvalue weighted by atomic mass is 10.1. The second-order valence-corrected chi connectivity index (χ2v) is 6.19. The fourth-order valence-electron chi connectivity index (χ4n) is 2.64. The zero-order chi connectivity index (χ0) is 21.3. The van der Waals surface area contributed by atoms with Crippen molar-refractivity contribution in [2.45, 2.75) is 6.61 Å². The molecule has 1 amide bonds. The maximum absolute atomic E-state index is 12.4. The Morgan fingerprint density at radius 2 is 1.90 bits per heavy atom. The Morgan fingerprint density at radius 1 is 1.10 bits per heavy atom. The SMILES string of the molecule is COc1ccc([N+](=O)[O-])cc1C(=O)N/N=C\c1cccc(OCc2ccccc2)c1. The van der Waals surface area contributed by atoms with E-state index in [1.807, 2.05) is 42.5 Å². The number of benzene rings is 3. The van der Waals surface area contributed by atoms with E-state index in [1.54, 1.807) is 12.1 Å². The third-order valence-electron chi connectivity index (χ3n) is 4.12. The van der Waals surface area contributed by atoms with E-state index < -0.39 is 10.8 Å². The van der Waals surface area contributed by atoms with Crippen molar-refractivity contribution in [1.82, 2.24) is 5.43 Å². The predicted octanol–water partition coefficient (Wildman–Crippen LogP) is 3.95. The number of non-ortho nitro benzene ring substituents is 1. The molecule has 3 aromatic carbocycles. The summed E-state index contributed by atoms with van der Waals surface area (Å²) in [4.78, 5) is 22.7. The van der Waals surface area contributed by atoms with Gasteiger partial charge in [-0.3, -0.25) is 14.9 Å². The molecule has 0 spiro atoms. The Morgan fingerprint density at radius 3 is 2.63 bits per heavy atom. The molecule has 0 aromatic heterocycles. The highest BCUT2D eigenvalue weighted by Crippen LogP contribution is 2.23. The predicted molar refractivity (Wildman–Crippen MR) is 112 cm³/mol. The Kier molecular flexibility index (Phi) is 6.73. The first-order valence-electron chi connectivity index (χ1n) is 8.99. The van der Waals surface area contributed by atoms with Crippen LogP contribution in [0.3, 0.4) is 0 Å². The van der Waals surface area contributed by atoms with Crippen LogP contribution in [0.1, 0.15) is 21.5 Å². The van der Waals surface area contributed by atoms with E-state index in [1.165, 1.54) is 25.5 Å². The molecular weight excluding hydrogens is 386 g/mol. The lowest BCUT2D eigenvalue weighted by Gasteiger charge is -2.07. The quantitative estimate of drug-likeness (QED) is 0.347. The molecular formula is C22H19N3O5. The van der Waals surface area contributed by atoms with Crippen molar-refractivity contribution >= 4 is 17.8 Å². The number of amides is 1. The number of rotatable bonds is 8. The summed E-state index contributed by atoms with van der Waals surface area (Å²) < 4.78 is 10.9. The molecule has 8 nitrogen and oxygen atoms in total. The van der Waals surface area contributed by atoms with Gasteiger partial charge in [0.05, 0.1) is 23.8 Å². The van der Waals surface area contributed by atoms with E-state index in [0.29, 0.717) is 17.9 Å². The molecule has 0 saturated carbocycles. The Balaban J connectivity index is 1.64. The molecule has 0 radical (unpaired) electrons. The van der Waals surface area contributed by atoms with Crippen LogP contribution in [0.4, 0.5) is 5.69 Å². The monoisotopic (exact) mass is 405 g/mol. The first kappa shape index (κ1) is 20.5. The molecule has 152 valence electrons. The topological polar surface area (TPSA) is 103 Å². The Labute approximate surface area is 172 Å². The van der Waals surface area contributed by atoms with Crippen LogP contribution in [0.5, 0.6) is 11.5 Å². The average Bonchev–Trinajstić information content (AvgIpc) is 2.78. The average molecular weight is 405 g/mol. The summed E-state index contributed by atoms with van der Waals surface area (Å²) in [5.74, 6) is 0.252. The maximum Gasteiger partial charge on any atom is 0.275 e. The minimum absolute atomic E-state index is 0.0174. The molecule has 0 aliphatic carbocycles. The summed E-state index contributed by atoms with van der Waals surface area (Å²) >= 11 is 0. The fraction of sp³-hybridized carbons (Fsp3) is 0.0909. The van der Waals surface area contributed by atoms with Crippen molar-refractivity contribution in [3.05, 3.63) is 99.6 Å². The first-order valence-corrected chi connectivity index (χ1v) is 8.99. The molecule has 0 heterocycles. The number of nitrogens with zero attached hydrogens (tertiary/aromatic N) is 2. The van der Waals surface area contributed by atoms with Gasteiger partial charge in [0.2, 0.25) is 0 Å². The molecule has 0 aliphatic heterocycles. The lowest BCUT2D eigenvalue weighted by molar-refractivity contribution is -0.384. The zero-order valence-electron chi connectivity index (χ0n) is 16.1. The van der Waals surface area contributed by atoms with Gasteiger partial charge in [0.25, 0.3) is 11.6 Å².